The highest BCUT2D eigenvalue weighted by molar-refractivity contribution is 5.72. The summed E-state index contributed by atoms with van der Waals surface area (Å²) in [6.07, 6.45) is -0.938. The van der Waals surface area contributed by atoms with Gasteiger partial charge in [0.15, 0.2) is 0 Å². The van der Waals surface area contributed by atoms with E-state index in [0.717, 1.165) is 0 Å². The third-order valence-electron chi connectivity index (χ3n) is 2.47. The van der Waals surface area contributed by atoms with Crippen LogP contribution >= 0.6 is 0 Å². The van der Waals surface area contributed by atoms with Gasteiger partial charge in [-0.05, 0) is 18.6 Å². The molecule has 1 heterocycles. The minimum Gasteiger partial charge on any atom is -0.388 e. The first-order valence-corrected chi connectivity index (χ1v) is 5.43. The Hall–Kier alpha value is -1.97. The molecule has 0 spiro atoms. The predicted molar refractivity (Wildman–Crippen MR) is 63.3 cm³/mol. The Bertz CT molecular complexity index is 482. The first-order chi connectivity index (χ1) is 8.45. The quantitative estimate of drug-likeness (QED) is 0.684. The summed E-state index contributed by atoms with van der Waals surface area (Å²) in [5, 5.41) is 30.7. The molecule has 0 fully saturated rings. The summed E-state index contributed by atoms with van der Waals surface area (Å²) < 4.78 is 0. The molecule has 0 radical (unpaired) electrons. The number of aliphatic hydroxyl groups excluding tert-OH is 2. The SMILES string of the molecule is CC(=O)NCC(O)C(O)c1cnc(C#N)c(C)c1. The summed E-state index contributed by atoms with van der Waals surface area (Å²) in [6, 6.07) is 3.51. The maximum Gasteiger partial charge on any atom is 0.216 e. The lowest BCUT2D eigenvalue weighted by Crippen LogP contribution is -2.34. The Balaban J connectivity index is 2.78. The molecular formula is C12H15N3O3. The fourth-order valence-corrected chi connectivity index (χ4v) is 1.46. The molecule has 6 nitrogen and oxygen atoms in total. The molecule has 0 aromatic carbocycles. The van der Waals surface area contributed by atoms with E-state index in [2.05, 4.69) is 10.3 Å². The van der Waals surface area contributed by atoms with E-state index in [0.29, 0.717) is 11.1 Å². The number of hydrogen-bond acceptors (Lipinski definition) is 5. The molecular weight excluding hydrogens is 234 g/mol. The van der Waals surface area contributed by atoms with Crippen LogP contribution < -0.4 is 5.32 Å². The number of carbonyl (C=O) groups excluding carboxylic acids is 1. The van der Waals surface area contributed by atoms with Crippen molar-refractivity contribution in [3.8, 4) is 6.07 Å². The lowest BCUT2D eigenvalue weighted by Gasteiger charge is -2.18. The number of aliphatic hydroxyl groups is 2. The van der Waals surface area contributed by atoms with Crippen LogP contribution in [0.3, 0.4) is 0 Å². The Kier molecular flexibility index (Phi) is 4.77. The topological polar surface area (TPSA) is 106 Å². The number of aromatic nitrogens is 1. The van der Waals surface area contributed by atoms with Gasteiger partial charge in [-0.3, -0.25) is 4.79 Å². The lowest BCUT2D eigenvalue weighted by molar-refractivity contribution is -0.119. The molecule has 0 aliphatic rings. The number of hydrogen-bond donors (Lipinski definition) is 3. The van der Waals surface area contributed by atoms with E-state index >= 15 is 0 Å². The Morgan fingerprint density at radius 3 is 2.78 bits per heavy atom. The van der Waals surface area contributed by atoms with Crippen LogP contribution in [0.1, 0.15) is 29.8 Å². The van der Waals surface area contributed by atoms with Crippen LogP contribution in [0.5, 0.6) is 0 Å². The van der Waals surface area contributed by atoms with Crippen LogP contribution in [0.4, 0.5) is 0 Å². The van der Waals surface area contributed by atoms with Gasteiger partial charge in [-0.15, -0.1) is 0 Å². The first kappa shape index (κ1) is 14.1. The summed E-state index contributed by atoms with van der Waals surface area (Å²) in [5.74, 6) is -0.282. The van der Waals surface area contributed by atoms with Gasteiger partial charge in [0, 0.05) is 25.2 Å². The fraction of sp³-hybridized carbons (Fsp3) is 0.417. The monoisotopic (exact) mass is 249 g/mol. The van der Waals surface area contributed by atoms with Gasteiger partial charge in [-0.25, -0.2) is 4.98 Å². The zero-order valence-corrected chi connectivity index (χ0v) is 10.2. The molecule has 2 atom stereocenters. The van der Waals surface area contributed by atoms with E-state index in [-0.39, 0.29) is 18.1 Å². The first-order valence-electron chi connectivity index (χ1n) is 5.43. The Morgan fingerprint density at radius 2 is 2.28 bits per heavy atom. The minimum absolute atomic E-state index is 0.0461. The zero-order chi connectivity index (χ0) is 13.7. The van der Waals surface area contributed by atoms with Crippen molar-refractivity contribution < 1.29 is 15.0 Å². The summed E-state index contributed by atoms with van der Waals surface area (Å²) in [5.41, 5.74) is 1.31. The normalized spacial score (nSPS) is 13.5. The highest BCUT2D eigenvalue weighted by atomic mass is 16.3. The van der Waals surface area contributed by atoms with Gasteiger partial charge >= 0.3 is 0 Å². The number of carbonyl (C=O) groups is 1. The van der Waals surface area contributed by atoms with Crippen molar-refractivity contribution >= 4 is 5.91 Å². The van der Waals surface area contributed by atoms with E-state index in [1.807, 2.05) is 6.07 Å². The van der Waals surface area contributed by atoms with Crippen molar-refractivity contribution in [1.29, 1.82) is 5.26 Å². The molecule has 0 aliphatic heterocycles. The third kappa shape index (κ3) is 3.52. The molecule has 0 bridgehead atoms. The molecule has 18 heavy (non-hydrogen) atoms. The molecule has 1 amide bonds. The highest BCUT2D eigenvalue weighted by Crippen LogP contribution is 2.18. The number of aryl methyl sites for hydroxylation is 1. The number of amides is 1. The molecule has 0 aliphatic carbocycles. The van der Waals surface area contributed by atoms with Crippen LogP contribution in [-0.4, -0.2) is 33.8 Å². The number of pyridine rings is 1. The largest absolute Gasteiger partial charge is 0.388 e. The molecule has 0 saturated heterocycles. The van der Waals surface area contributed by atoms with Crippen molar-refractivity contribution in [2.45, 2.75) is 26.1 Å². The summed E-state index contributed by atoms with van der Waals surface area (Å²) >= 11 is 0. The van der Waals surface area contributed by atoms with Crippen molar-refractivity contribution in [2.75, 3.05) is 6.54 Å². The Morgan fingerprint density at radius 1 is 1.61 bits per heavy atom. The summed E-state index contributed by atoms with van der Waals surface area (Å²) in [7, 11) is 0. The molecule has 1 rings (SSSR count). The molecule has 0 saturated carbocycles. The van der Waals surface area contributed by atoms with Gasteiger partial charge in [-0.2, -0.15) is 5.26 Å². The third-order valence-corrected chi connectivity index (χ3v) is 2.47. The van der Waals surface area contributed by atoms with Crippen LogP contribution in [0.15, 0.2) is 12.3 Å². The second kappa shape index (κ2) is 6.10. The molecule has 2 unspecified atom stereocenters. The van der Waals surface area contributed by atoms with Crippen molar-refractivity contribution in [3.63, 3.8) is 0 Å². The molecule has 1 aromatic heterocycles. The standard InChI is InChI=1S/C12H15N3O3/c1-7-3-9(5-15-10(7)4-13)12(18)11(17)6-14-8(2)16/h3,5,11-12,17-18H,6H2,1-2H3,(H,14,16). The van der Waals surface area contributed by atoms with E-state index in [1.165, 1.54) is 13.1 Å². The van der Waals surface area contributed by atoms with E-state index < -0.39 is 12.2 Å². The summed E-state index contributed by atoms with van der Waals surface area (Å²) in [4.78, 5) is 14.6. The number of rotatable bonds is 4. The number of nitriles is 1. The van der Waals surface area contributed by atoms with Gasteiger partial charge in [-0.1, -0.05) is 0 Å². The van der Waals surface area contributed by atoms with Crippen molar-refractivity contribution in [3.05, 3.63) is 29.1 Å². The molecule has 1 aromatic rings. The van der Waals surface area contributed by atoms with E-state index in [4.69, 9.17) is 5.26 Å². The fourth-order valence-electron chi connectivity index (χ4n) is 1.46. The minimum atomic E-state index is -1.16. The average molecular weight is 249 g/mol. The number of nitrogens with one attached hydrogen (secondary N) is 1. The predicted octanol–water partition coefficient (Wildman–Crippen LogP) is -0.208. The zero-order valence-electron chi connectivity index (χ0n) is 10.2. The van der Waals surface area contributed by atoms with Crippen LogP contribution in [0.2, 0.25) is 0 Å². The van der Waals surface area contributed by atoms with Gasteiger partial charge in [0.05, 0.1) is 0 Å². The van der Waals surface area contributed by atoms with Crippen LogP contribution in [0.25, 0.3) is 0 Å². The van der Waals surface area contributed by atoms with Crippen LogP contribution in [-0.2, 0) is 4.79 Å². The van der Waals surface area contributed by atoms with Gasteiger partial charge in [0.1, 0.15) is 24.0 Å². The second-order valence-electron chi connectivity index (χ2n) is 4.00. The van der Waals surface area contributed by atoms with Crippen molar-refractivity contribution in [1.82, 2.24) is 10.3 Å². The maximum atomic E-state index is 10.7. The second-order valence-corrected chi connectivity index (χ2v) is 4.00. The van der Waals surface area contributed by atoms with Gasteiger partial charge in [0.25, 0.3) is 0 Å². The van der Waals surface area contributed by atoms with E-state index in [1.54, 1.807) is 13.0 Å². The molecule has 6 heteroatoms. The summed E-state index contributed by atoms with van der Waals surface area (Å²) in [6.45, 7) is 2.98. The molecule has 96 valence electrons. The smallest absolute Gasteiger partial charge is 0.216 e. The van der Waals surface area contributed by atoms with Gasteiger partial charge in [0.2, 0.25) is 5.91 Å². The van der Waals surface area contributed by atoms with Crippen molar-refractivity contribution in [2.24, 2.45) is 0 Å². The lowest BCUT2D eigenvalue weighted by atomic mass is 10.0. The highest BCUT2D eigenvalue weighted by Gasteiger charge is 2.19. The maximum absolute atomic E-state index is 10.7. The van der Waals surface area contributed by atoms with Gasteiger partial charge < -0.3 is 15.5 Å². The van der Waals surface area contributed by atoms with E-state index in [9.17, 15) is 15.0 Å². The molecule has 3 N–H and O–H groups in total. The average Bonchev–Trinajstić information content (AvgIpc) is 2.34. The van der Waals surface area contributed by atoms with Crippen LogP contribution in [0, 0.1) is 18.3 Å². The Labute approximate surface area is 105 Å². The number of nitrogens with zero attached hydrogens (tertiary/aromatic N) is 2.